The van der Waals surface area contributed by atoms with Gasteiger partial charge < -0.3 is 0 Å². The molecule has 0 unspecified atom stereocenters. The first-order chi connectivity index (χ1) is 23.2. The maximum absolute atomic E-state index is 4.93. The van der Waals surface area contributed by atoms with Crippen LogP contribution in [-0.4, -0.2) is 9.52 Å². The van der Waals surface area contributed by atoms with E-state index in [4.69, 9.17) is 17.0 Å². The average Bonchev–Trinajstić information content (AvgIpc) is 3.69. The molecule has 0 amide bonds. The van der Waals surface area contributed by atoms with Gasteiger partial charge in [0.15, 0.2) is 0 Å². The van der Waals surface area contributed by atoms with Crippen LogP contribution in [0.2, 0.25) is 13.1 Å². The van der Waals surface area contributed by atoms with Gasteiger partial charge >= 0.3 is 37.9 Å². The summed E-state index contributed by atoms with van der Waals surface area (Å²) >= 11 is -0.826. The molecule has 4 heteroatoms. The summed E-state index contributed by atoms with van der Waals surface area (Å²) in [5, 5.41) is 5.53. The van der Waals surface area contributed by atoms with Gasteiger partial charge in [-0.15, -0.1) is 69.1 Å². The van der Waals surface area contributed by atoms with E-state index in [0.717, 1.165) is 9.52 Å². The van der Waals surface area contributed by atoms with E-state index in [1.54, 1.807) is 0 Å². The van der Waals surface area contributed by atoms with Crippen LogP contribution in [0, 0.1) is 0 Å². The Hall–Kier alpha value is -2.22. The number of aryl methyl sites for hydroxylation is 2. The van der Waals surface area contributed by atoms with Crippen molar-refractivity contribution in [2.45, 2.75) is 92.2 Å². The summed E-state index contributed by atoms with van der Waals surface area (Å²) in [6, 6.07) is 40.4. The van der Waals surface area contributed by atoms with Crippen molar-refractivity contribution in [2.75, 3.05) is 0 Å². The number of hydrogen-bond acceptors (Lipinski definition) is 0. The summed E-state index contributed by atoms with van der Waals surface area (Å²) in [7, 11) is 11.0. The Kier molecular flexibility index (Phi) is 17.7. The van der Waals surface area contributed by atoms with Gasteiger partial charge in [-0.3, -0.25) is 0 Å². The molecule has 0 nitrogen and oxygen atoms in total. The van der Waals surface area contributed by atoms with Crippen LogP contribution in [-0.2, 0) is 33.7 Å². The molecule has 0 N–H and O–H groups in total. The molecule has 0 aromatic heterocycles. The molecule has 0 saturated carbocycles. The van der Waals surface area contributed by atoms with Gasteiger partial charge in [0.05, 0.1) is 0 Å². The molecule has 0 spiro atoms. The van der Waals surface area contributed by atoms with Crippen molar-refractivity contribution < 1.29 is 20.8 Å². The van der Waals surface area contributed by atoms with E-state index in [-0.39, 0.29) is 0 Å². The predicted octanol–water partition coefficient (Wildman–Crippen LogP) is 14.8. The van der Waals surface area contributed by atoms with Crippen molar-refractivity contribution in [1.82, 2.24) is 0 Å². The van der Waals surface area contributed by atoms with Gasteiger partial charge in [0.25, 0.3) is 0 Å². The van der Waals surface area contributed by atoms with Crippen LogP contribution in [0.4, 0.5) is 0 Å². The van der Waals surface area contributed by atoms with E-state index in [0.29, 0.717) is 11.8 Å². The Morgan fingerprint density at radius 3 is 1.23 bits per heavy atom. The zero-order chi connectivity index (χ0) is 35.1. The molecule has 6 rings (SSSR count). The van der Waals surface area contributed by atoms with Gasteiger partial charge in [-0.25, -0.2) is 0 Å². The van der Waals surface area contributed by atoms with Gasteiger partial charge in [0, 0.05) is 9.52 Å². The fraction of sp³-hybridized carbons (Fsp3) is 0.318. The van der Waals surface area contributed by atoms with Crippen LogP contribution in [0.3, 0.4) is 0 Å². The molecule has 250 valence electrons. The quantitative estimate of drug-likeness (QED) is 0.107. The topological polar surface area (TPSA) is 0 Å². The Morgan fingerprint density at radius 2 is 0.896 bits per heavy atom. The summed E-state index contributed by atoms with van der Waals surface area (Å²) in [6.45, 7) is 17.9. The fourth-order valence-electron chi connectivity index (χ4n) is 6.42. The SMILES string of the molecule is CCCc1cc2c(-c3ccccc3C(C)C)cccc2[cH-]1.CCCc1cc2c(-c3ccccc3C(C)C)cccc2[cH-]1.C[Si]C.[Cl][Zr+2][Cl]. The molecule has 0 aliphatic heterocycles. The first-order valence-electron chi connectivity index (χ1n) is 17.3. The van der Waals surface area contributed by atoms with Crippen LogP contribution in [0.1, 0.15) is 88.5 Å². The molecule has 6 aromatic carbocycles. The summed E-state index contributed by atoms with van der Waals surface area (Å²) < 4.78 is 0. The number of fused-ring (bicyclic) bond motifs is 2. The third kappa shape index (κ3) is 10.9. The van der Waals surface area contributed by atoms with Crippen molar-refractivity contribution in [3.63, 3.8) is 0 Å². The average molecular weight is 771 g/mol. The summed E-state index contributed by atoms with van der Waals surface area (Å²) in [5.74, 6) is 1.09. The number of halogens is 2. The summed E-state index contributed by atoms with van der Waals surface area (Å²) in [5.41, 5.74) is 11.3. The summed E-state index contributed by atoms with van der Waals surface area (Å²) in [6.07, 6.45) is 4.74. The number of rotatable bonds is 8. The molecule has 0 saturated heterocycles. The van der Waals surface area contributed by atoms with Crippen molar-refractivity contribution in [3.8, 4) is 22.3 Å². The Bertz CT molecular complexity index is 1680. The maximum atomic E-state index is 4.93. The van der Waals surface area contributed by atoms with Crippen LogP contribution >= 0.6 is 17.0 Å². The summed E-state index contributed by atoms with van der Waals surface area (Å²) in [4.78, 5) is 0. The van der Waals surface area contributed by atoms with E-state index in [9.17, 15) is 0 Å². The first-order valence-corrected chi connectivity index (χ1v) is 25.7. The second-order valence-corrected chi connectivity index (χ2v) is 17.6. The first kappa shape index (κ1) is 40.2. The van der Waals surface area contributed by atoms with Crippen LogP contribution < -0.4 is 0 Å². The molecule has 0 bridgehead atoms. The van der Waals surface area contributed by atoms with Gasteiger partial charge in [-0.2, -0.15) is 12.1 Å². The molecule has 0 aliphatic carbocycles. The number of hydrogen-bond donors (Lipinski definition) is 0. The predicted molar refractivity (Wildman–Crippen MR) is 215 cm³/mol. The zero-order valence-electron chi connectivity index (χ0n) is 30.1. The van der Waals surface area contributed by atoms with Crippen LogP contribution in [0.5, 0.6) is 0 Å². The molecule has 48 heavy (non-hydrogen) atoms. The van der Waals surface area contributed by atoms with Crippen molar-refractivity contribution in [1.29, 1.82) is 0 Å². The molecule has 0 fully saturated rings. The second-order valence-electron chi connectivity index (χ2n) is 12.9. The van der Waals surface area contributed by atoms with E-state index < -0.39 is 20.8 Å². The van der Waals surface area contributed by atoms with Gasteiger partial charge in [-0.05, 0) is 46.9 Å². The molecule has 0 heterocycles. The van der Waals surface area contributed by atoms with Crippen molar-refractivity contribution >= 4 is 48.1 Å². The van der Waals surface area contributed by atoms with E-state index in [2.05, 4.69) is 164 Å². The Labute approximate surface area is 312 Å². The zero-order valence-corrected chi connectivity index (χ0v) is 35.1. The minimum absolute atomic E-state index is 0.543. The molecule has 0 atom stereocenters. The normalized spacial score (nSPS) is 10.6. The van der Waals surface area contributed by atoms with Crippen LogP contribution in [0.15, 0.2) is 109 Å². The van der Waals surface area contributed by atoms with Crippen LogP contribution in [0.25, 0.3) is 43.8 Å². The van der Waals surface area contributed by atoms with Gasteiger partial charge in [0.1, 0.15) is 0 Å². The molecule has 6 aromatic rings. The fourth-order valence-corrected chi connectivity index (χ4v) is 6.42. The molecular formula is C44H52Cl2SiZr. The Morgan fingerprint density at radius 1 is 0.562 bits per heavy atom. The Balaban J connectivity index is 0.000000224. The second kappa shape index (κ2) is 21.1. The standard InChI is InChI=1S/2C21H23.C2H6Si.2ClH.Zr/c2*1-4-8-16-13-17-9-7-12-20(21(17)14-16)19-11-6-5-10-18(19)15(2)3;1-3-2;;;/h2*5-7,9-15H,4,8H2,1-3H3;1-2H3;2*1H;/q2*-1;;;;+4/p-2. The van der Waals surface area contributed by atoms with Gasteiger partial charge in [0.2, 0.25) is 0 Å². The minimum atomic E-state index is -0.826. The third-order valence-electron chi connectivity index (χ3n) is 8.44. The monoisotopic (exact) mass is 768 g/mol. The third-order valence-corrected chi connectivity index (χ3v) is 8.44. The van der Waals surface area contributed by atoms with Crippen molar-refractivity contribution in [2.24, 2.45) is 0 Å². The van der Waals surface area contributed by atoms with E-state index in [1.807, 2.05) is 0 Å². The molecule has 0 aliphatic rings. The van der Waals surface area contributed by atoms with E-state index in [1.165, 1.54) is 91.7 Å². The van der Waals surface area contributed by atoms with Gasteiger partial charge in [-0.1, -0.05) is 139 Å². The molecular weight excluding hydrogens is 719 g/mol. The van der Waals surface area contributed by atoms with Crippen molar-refractivity contribution in [3.05, 3.63) is 131 Å². The molecule has 2 radical (unpaired) electrons. The number of benzene rings is 4. The van der Waals surface area contributed by atoms with E-state index >= 15 is 0 Å².